The molecular weight excluding hydrogens is 332 g/mol. The molecule has 0 aromatic heterocycles. The molecule has 0 aliphatic carbocycles. The van der Waals surface area contributed by atoms with Crippen LogP contribution in [0.1, 0.15) is 15.9 Å². The van der Waals surface area contributed by atoms with Crippen molar-refractivity contribution < 1.29 is 32.1 Å². The molecule has 3 aromatic rings. The van der Waals surface area contributed by atoms with Gasteiger partial charge in [0.1, 0.15) is 17.3 Å². The van der Waals surface area contributed by atoms with E-state index >= 15 is 0 Å². The van der Waals surface area contributed by atoms with E-state index in [-0.39, 0.29) is 39.9 Å². The molecule has 0 atom stereocenters. The van der Waals surface area contributed by atoms with Crippen molar-refractivity contribution in [3.05, 3.63) is 83.9 Å². The van der Waals surface area contributed by atoms with Crippen molar-refractivity contribution >= 4 is 5.78 Å². The van der Waals surface area contributed by atoms with Crippen LogP contribution >= 0.6 is 0 Å². The fourth-order valence-corrected chi connectivity index (χ4v) is 1.69. The van der Waals surface area contributed by atoms with Crippen molar-refractivity contribution in [3.63, 3.8) is 0 Å². The van der Waals surface area contributed by atoms with Gasteiger partial charge in [-0.2, -0.15) is 12.1 Å². The number of ketones is 1. The molecule has 0 heterocycles. The van der Waals surface area contributed by atoms with E-state index in [2.05, 4.69) is 11.8 Å². The van der Waals surface area contributed by atoms with Crippen LogP contribution in [0.2, 0.25) is 0 Å². The van der Waals surface area contributed by atoms with E-state index < -0.39 is 0 Å². The van der Waals surface area contributed by atoms with Gasteiger partial charge in [0.15, 0.2) is 0 Å². The van der Waals surface area contributed by atoms with Gasteiger partial charge in [0.25, 0.3) is 0 Å². The molecule has 23 heavy (non-hydrogen) atoms. The molecule has 0 fully saturated rings. The Labute approximate surface area is 145 Å². The van der Waals surface area contributed by atoms with Gasteiger partial charge in [-0.3, -0.25) is 0 Å². The molecule has 4 heteroatoms. The molecule has 3 aromatic carbocycles. The molecule has 0 aliphatic heterocycles. The molecule has 0 saturated heterocycles. The Morgan fingerprint density at radius 2 is 1.39 bits per heavy atom. The molecule has 3 rings (SSSR count). The molecule has 3 nitrogen and oxygen atoms in total. The predicted molar refractivity (Wildman–Crippen MR) is 85.1 cm³/mol. The maximum absolute atomic E-state index is 11.6. The number of Topliss-reactive ketones (excluding diaryl/α,β-unsaturated/α-hetero) is 1. The summed E-state index contributed by atoms with van der Waals surface area (Å²) < 4.78 is 0. The second-order valence-electron chi connectivity index (χ2n) is 4.39. The molecule has 2 N–H and O–H groups in total. The van der Waals surface area contributed by atoms with Crippen molar-refractivity contribution in [3.8, 4) is 23.3 Å². The first kappa shape index (κ1) is 18.3. The van der Waals surface area contributed by atoms with E-state index in [0.29, 0.717) is 5.56 Å². The Morgan fingerprint density at radius 3 is 1.87 bits per heavy atom. The van der Waals surface area contributed by atoms with Crippen molar-refractivity contribution in [2.75, 3.05) is 0 Å². The summed E-state index contributed by atoms with van der Waals surface area (Å²) in [7, 11) is 0. The van der Waals surface area contributed by atoms with E-state index in [9.17, 15) is 15.0 Å². The van der Waals surface area contributed by atoms with Gasteiger partial charge in [0.2, 0.25) is 0 Å². The van der Waals surface area contributed by atoms with Crippen molar-refractivity contribution in [2.24, 2.45) is 0 Å². The number of hydrogen-bond donors (Lipinski definition) is 2. The molecule has 0 amide bonds. The van der Waals surface area contributed by atoms with Gasteiger partial charge in [-0.1, -0.05) is 11.6 Å². The average molecular weight is 346 g/mol. The van der Waals surface area contributed by atoms with Crippen LogP contribution in [0.5, 0.6) is 11.5 Å². The minimum atomic E-state index is -0.349. The Morgan fingerprint density at radius 1 is 0.913 bits per heavy atom. The number of benzene rings is 1. The zero-order valence-electron chi connectivity index (χ0n) is 12.1. The van der Waals surface area contributed by atoms with E-state index in [1.165, 1.54) is 18.2 Å². The van der Waals surface area contributed by atoms with E-state index in [0.717, 1.165) is 0 Å². The first-order valence-corrected chi connectivity index (χ1v) is 6.64. The maximum Gasteiger partial charge on any atom is 0.146 e. The van der Waals surface area contributed by atoms with Crippen molar-refractivity contribution in [1.82, 2.24) is 0 Å². The maximum atomic E-state index is 11.6. The third-order valence-electron chi connectivity index (χ3n) is 2.80. The topological polar surface area (TPSA) is 57.5 Å². The Hall–Kier alpha value is -2.73. The summed E-state index contributed by atoms with van der Waals surface area (Å²) in [6.07, 6.45) is 0. The molecule has 0 unspecified atom stereocenters. The second kappa shape index (κ2) is 9.32. The summed E-state index contributed by atoms with van der Waals surface area (Å²) in [5.74, 6) is 4.20. The molecule has 0 spiro atoms. The van der Waals surface area contributed by atoms with Crippen molar-refractivity contribution in [1.29, 1.82) is 0 Å². The molecule has 0 aliphatic rings. The van der Waals surface area contributed by atoms with Crippen LogP contribution in [0.15, 0.2) is 72.8 Å². The van der Waals surface area contributed by atoms with Crippen LogP contribution in [0.25, 0.3) is 0 Å². The predicted octanol–water partition coefficient (Wildman–Crippen LogP) is 3.45. The van der Waals surface area contributed by atoms with E-state index in [4.69, 9.17) is 0 Å². The Kier molecular flexibility index (Phi) is 7.42. The third kappa shape index (κ3) is 5.52. The summed E-state index contributed by atoms with van der Waals surface area (Å²) in [5.41, 5.74) is 0.555. The van der Waals surface area contributed by atoms with Gasteiger partial charge in [0.05, 0.1) is 5.56 Å². The van der Waals surface area contributed by atoms with E-state index in [1.54, 1.807) is 24.3 Å². The van der Waals surface area contributed by atoms with Gasteiger partial charge in [-0.05, 0) is 12.1 Å². The molecule has 0 radical (unpaired) electrons. The quantitative estimate of drug-likeness (QED) is 0.307. The second-order valence-corrected chi connectivity index (χ2v) is 4.39. The summed E-state index contributed by atoms with van der Waals surface area (Å²) in [5, 5.41) is 18.9. The van der Waals surface area contributed by atoms with Gasteiger partial charge in [-0.25, -0.2) is 0 Å². The molecular formula is C19H14FeO3-6. The van der Waals surface area contributed by atoms with Crippen LogP contribution in [0.4, 0.5) is 0 Å². The Bertz CT molecular complexity index is 738. The Balaban J connectivity index is 0.000000377. The van der Waals surface area contributed by atoms with Crippen molar-refractivity contribution in [2.45, 2.75) is 0 Å². The number of phenols is 2. The zero-order valence-corrected chi connectivity index (χ0v) is 13.2. The molecule has 122 valence electrons. The number of aromatic hydroxyl groups is 2. The van der Waals surface area contributed by atoms with Crippen LogP contribution in [0, 0.1) is 11.8 Å². The summed E-state index contributed by atoms with van der Waals surface area (Å²) in [6, 6.07) is 21.1. The monoisotopic (exact) mass is 346 g/mol. The number of carbonyl (C=O) groups is 1. The van der Waals surface area contributed by atoms with Crippen LogP contribution in [-0.4, -0.2) is 16.0 Å². The zero-order chi connectivity index (χ0) is 15.8. The smallest absolute Gasteiger partial charge is 0.146 e. The van der Waals surface area contributed by atoms with Crippen LogP contribution < -0.4 is 0 Å². The SMILES string of the molecule is O=C(C#Cc1c(O)cccc1O)[c-]1cccc1.[Fe].[cH-]1[cH-][cH-][cH-][cH-]1. The summed E-state index contributed by atoms with van der Waals surface area (Å²) >= 11 is 0. The van der Waals surface area contributed by atoms with Gasteiger partial charge in [0, 0.05) is 17.1 Å². The number of rotatable bonds is 1. The standard InChI is InChI=1S/C14H9O3.C5H5.Fe/c15-12(10-4-1-2-5-10)9-8-11-13(16)6-3-7-14(11)17;1-2-4-5-3-1;/h1-7,16-17H;1-5H;/q-1;-5;. The van der Waals surface area contributed by atoms with Gasteiger partial charge in [-0.15, -0.1) is 24.0 Å². The number of hydrogen-bond acceptors (Lipinski definition) is 3. The third-order valence-corrected chi connectivity index (χ3v) is 2.80. The summed E-state index contributed by atoms with van der Waals surface area (Å²) in [4.78, 5) is 11.6. The number of carbonyl (C=O) groups excluding carboxylic acids is 1. The van der Waals surface area contributed by atoms with Crippen LogP contribution in [0.3, 0.4) is 0 Å². The van der Waals surface area contributed by atoms with Gasteiger partial charge >= 0.3 is 0 Å². The van der Waals surface area contributed by atoms with E-state index in [1.807, 2.05) is 30.3 Å². The first-order chi connectivity index (χ1) is 10.7. The van der Waals surface area contributed by atoms with Crippen LogP contribution in [-0.2, 0) is 17.1 Å². The number of phenolic OH excluding ortho intramolecular Hbond substituents is 2. The first-order valence-electron chi connectivity index (χ1n) is 6.64. The average Bonchev–Trinajstić information content (AvgIpc) is 3.22. The van der Waals surface area contributed by atoms with Gasteiger partial charge < -0.3 is 45.3 Å². The fourth-order valence-electron chi connectivity index (χ4n) is 1.69. The fraction of sp³-hybridized carbons (Fsp3) is 0. The minimum absolute atomic E-state index is 0. The molecule has 0 bridgehead atoms. The largest absolute Gasteiger partial charge is 0.748 e. The molecule has 0 saturated carbocycles. The summed E-state index contributed by atoms with van der Waals surface area (Å²) in [6.45, 7) is 0. The minimum Gasteiger partial charge on any atom is -0.748 e. The normalized spacial score (nSPS) is 8.70.